The Labute approximate surface area is 197 Å². The summed E-state index contributed by atoms with van der Waals surface area (Å²) >= 11 is 7.60. The minimum atomic E-state index is -4.62. The predicted octanol–water partition coefficient (Wildman–Crippen LogP) is 6.11. The lowest BCUT2D eigenvalue weighted by Crippen LogP contribution is -2.28. The molecule has 4 heterocycles. The number of halogens is 4. The normalized spacial score (nSPS) is 17.3. The SMILES string of the molecule is CCC(C)(C)C1CCc2c(sc3ncn4nc(Cn5nc(C(F)(F)F)c(Cl)c5C)nc4c23)C1. The van der Waals surface area contributed by atoms with E-state index in [-0.39, 0.29) is 17.7 Å². The number of nitrogens with zero attached hydrogens (tertiary/aromatic N) is 6. The number of aryl methyl sites for hydroxylation is 1. The summed E-state index contributed by atoms with van der Waals surface area (Å²) in [6, 6.07) is 0. The molecule has 0 saturated carbocycles. The zero-order valence-corrected chi connectivity index (χ0v) is 20.4. The van der Waals surface area contributed by atoms with E-state index in [2.05, 4.69) is 40.9 Å². The summed E-state index contributed by atoms with van der Waals surface area (Å²) in [6.07, 6.45) is 1.27. The van der Waals surface area contributed by atoms with Crippen molar-refractivity contribution in [3.63, 3.8) is 0 Å². The van der Waals surface area contributed by atoms with Crippen molar-refractivity contribution in [3.8, 4) is 0 Å². The highest BCUT2D eigenvalue weighted by molar-refractivity contribution is 7.19. The van der Waals surface area contributed by atoms with Crippen molar-refractivity contribution in [1.82, 2.24) is 29.4 Å². The second-order valence-corrected chi connectivity index (χ2v) is 10.9. The van der Waals surface area contributed by atoms with Crippen molar-refractivity contribution in [2.24, 2.45) is 11.3 Å². The molecule has 6 nitrogen and oxygen atoms in total. The third-order valence-corrected chi connectivity index (χ3v) is 8.75. The Morgan fingerprint density at radius 2 is 2.00 bits per heavy atom. The number of hydrogen-bond donors (Lipinski definition) is 0. The minimum absolute atomic E-state index is 0.0100. The molecule has 176 valence electrons. The van der Waals surface area contributed by atoms with Crippen molar-refractivity contribution in [3.05, 3.63) is 39.0 Å². The predicted molar refractivity (Wildman–Crippen MR) is 122 cm³/mol. The van der Waals surface area contributed by atoms with E-state index in [1.807, 2.05) is 0 Å². The van der Waals surface area contributed by atoms with E-state index in [4.69, 9.17) is 11.6 Å². The summed E-state index contributed by atoms with van der Waals surface area (Å²) in [5.74, 6) is 0.990. The van der Waals surface area contributed by atoms with Gasteiger partial charge in [0, 0.05) is 4.88 Å². The quantitative estimate of drug-likeness (QED) is 0.342. The third kappa shape index (κ3) is 3.71. The molecule has 0 aliphatic heterocycles. The van der Waals surface area contributed by atoms with Gasteiger partial charge < -0.3 is 0 Å². The van der Waals surface area contributed by atoms with Crippen molar-refractivity contribution < 1.29 is 13.2 Å². The van der Waals surface area contributed by atoms with Crippen LogP contribution in [0.4, 0.5) is 13.2 Å². The molecule has 0 bridgehead atoms. The van der Waals surface area contributed by atoms with Crippen molar-refractivity contribution in [1.29, 1.82) is 0 Å². The highest BCUT2D eigenvalue weighted by Gasteiger charge is 2.38. The zero-order valence-electron chi connectivity index (χ0n) is 18.8. The fourth-order valence-corrected chi connectivity index (χ4v) is 6.14. The number of thiophene rings is 1. The van der Waals surface area contributed by atoms with Gasteiger partial charge in [0.1, 0.15) is 17.7 Å². The highest BCUT2D eigenvalue weighted by atomic mass is 35.5. The molecule has 1 aliphatic rings. The Morgan fingerprint density at radius 3 is 2.67 bits per heavy atom. The molecule has 1 aliphatic carbocycles. The van der Waals surface area contributed by atoms with Crippen LogP contribution in [0.25, 0.3) is 15.9 Å². The van der Waals surface area contributed by atoms with E-state index >= 15 is 0 Å². The molecule has 11 heteroatoms. The average molecular weight is 497 g/mol. The highest BCUT2D eigenvalue weighted by Crippen LogP contribution is 2.45. The first-order valence-electron chi connectivity index (χ1n) is 10.9. The number of hydrogen-bond acceptors (Lipinski definition) is 5. The molecular formula is C22H24ClF3N6S. The molecule has 0 fully saturated rings. The van der Waals surface area contributed by atoms with Gasteiger partial charge in [0.2, 0.25) is 0 Å². The van der Waals surface area contributed by atoms with Crippen LogP contribution in [0.2, 0.25) is 5.02 Å². The van der Waals surface area contributed by atoms with Crippen LogP contribution in [0.3, 0.4) is 0 Å². The Balaban J connectivity index is 1.53. The van der Waals surface area contributed by atoms with Gasteiger partial charge in [-0.1, -0.05) is 38.8 Å². The van der Waals surface area contributed by atoms with Crippen LogP contribution in [0, 0.1) is 18.3 Å². The molecule has 0 saturated heterocycles. The smallest absolute Gasteiger partial charge is 0.260 e. The Bertz CT molecular complexity index is 1370. The van der Waals surface area contributed by atoms with E-state index in [1.54, 1.807) is 22.2 Å². The number of rotatable bonds is 4. The van der Waals surface area contributed by atoms with E-state index in [1.165, 1.54) is 22.0 Å². The van der Waals surface area contributed by atoms with Gasteiger partial charge in [-0.05, 0) is 43.1 Å². The largest absolute Gasteiger partial charge is 0.436 e. The molecule has 0 N–H and O–H groups in total. The second-order valence-electron chi connectivity index (χ2n) is 9.41. The second kappa shape index (κ2) is 7.66. The lowest BCUT2D eigenvalue weighted by atomic mass is 9.70. The van der Waals surface area contributed by atoms with Crippen LogP contribution >= 0.6 is 22.9 Å². The van der Waals surface area contributed by atoms with Crippen molar-refractivity contribution in [2.45, 2.75) is 66.1 Å². The molecule has 5 rings (SSSR count). The van der Waals surface area contributed by atoms with Crippen molar-refractivity contribution >= 4 is 38.8 Å². The van der Waals surface area contributed by atoms with Crippen LogP contribution in [0.5, 0.6) is 0 Å². The summed E-state index contributed by atoms with van der Waals surface area (Å²) in [5.41, 5.74) is 1.40. The molecule has 4 aromatic rings. The van der Waals surface area contributed by atoms with Gasteiger partial charge in [0.25, 0.3) is 0 Å². The lowest BCUT2D eigenvalue weighted by Gasteiger charge is -2.36. The number of aromatic nitrogens is 6. The summed E-state index contributed by atoms with van der Waals surface area (Å²) < 4.78 is 42.3. The lowest BCUT2D eigenvalue weighted by molar-refractivity contribution is -0.141. The summed E-state index contributed by atoms with van der Waals surface area (Å²) in [6.45, 7) is 8.42. The van der Waals surface area contributed by atoms with Crippen LogP contribution in [-0.2, 0) is 25.6 Å². The maximum absolute atomic E-state index is 13.2. The zero-order chi connectivity index (χ0) is 23.7. The van der Waals surface area contributed by atoms with E-state index < -0.39 is 16.9 Å². The fraction of sp³-hybridized carbons (Fsp3) is 0.545. The molecule has 1 unspecified atom stereocenters. The number of fused-ring (bicyclic) bond motifs is 5. The van der Waals surface area contributed by atoms with Crippen LogP contribution in [-0.4, -0.2) is 29.4 Å². The fourth-order valence-electron chi connectivity index (χ4n) is 4.63. The van der Waals surface area contributed by atoms with Crippen LogP contribution < -0.4 is 0 Å². The molecule has 0 amide bonds. The van der Waals surface area contributed by atoms with Crippen LogP contribution in [0.1, 0.15) is 61.3 Å². The van der Waals surface area contributed by atoms with Gasteiger partial charge in [-0.3, -0.25) is 4.68 Å². The minimum Gasteiger partial charge on any atom is -0.260 e. The number of alkyl halides is 3. The van der Waals surface area contributed by atoms with Gasteiger partial charge in [0.15, 0.2) is 17.2 Å². The molecule has 0 radical (unpaired) electrons. The van der Waals surface area contributed by atoms with Crippen molar-refractivity contribution in [2.75, 3.05) is 0 Å². The summed E-state index contributed by atoms with van der Waals surface area (Å²) in [7, 11) is 0. The van der Waals surface area contributed by atoms with Gasteiger partial charge in [-0.25, -0.2) is 14.5 Å². The topological polar surface area (TPSA) is 60.9 Å². The van der Waals surface area contributed by atoms with E-state index in [9.17, 15) is 13.2 Å². The Kier molecular flexibility index (Phi) is 5.24. The molecule has 0 spiro atoms. The van der Waals surface area contributed by atoms with Gasteiger partial charge in [0.05, 0.1) is 16.1 Å². The monoisotopic (exact) mass is 496 g/mol. The molecule has 0 aromatic carbocycles. The Morgan fingerprint density at radius 1 is 1.24 bits per heavy atom. The van der Waals surface area contributed by atoms with E-state index in [0.717, 1.165) is 35.9 Å². The first kappa shape index (κ1) is 22.6. The molecular weight excluding hydrogens is 473 g/mol. The standard InChI is InChI=1S/C22H24ClF3N6S/c1-5-21(3,4)12-6-7-13-14(8-12)33-20-16(13)19-28-15(29-32(19)10-27-20)9-31-11(2)17(23)18(30-31)22(24,25)26/h10,12H,5-9H2,1-4H3. The Hall–Kier alpha value is -2.20. The summed E-state index contributed by atoms with van der Waals surface area (Å²) in [5, 5.41) is 8.74. The van der Waals surface area contributed by atoms with Gasteiger partial charge >= 0.3 is 6.18 Å². The molecule has 1 atom stereocenters. The maximum Gasteiger partial charge on any atom is 0.436 e. The molecule has 4 aromatic heterocycles. The van der Waals surface area contributed by atoms with E-state index in [0.29, 0.717) is 17.4 Å². The van der Waals surface area contributed by atoms with Gasteiger partial charge in [-0.2, -0.15) is 18.3 Å². The average Bonchev–Trinajstić information content (AvgIpc) is 3.41. The first-order valence-corrected chi connectivity index (χ1v) is 12.1. The first-order chi connectivity index (χ1) is 15.5. The van der Waals surface area contributed by atoms with Gasteiger partial charge in [-0.15, -0.1) is 16.4 Å². The third-order valence-electron chi connectivity index (χ3n) is 7.14. The summed E-state index contributed by atoms with van der Waals surface area (Å²) in [4.78, 5) is 11.6. The van der Waals surface area contributed by atoms with Crippen LogP contribution in [0.15, 0.2) is 6.33 Å². The molecule has 33 heavy (non-hydrogen) atoms. The maximum atomic E-state index is 13.2.